The molecule has 2 N–H and O–H groups in total. The first-order valence-electron chi connectivity index (χ1n) is 18.1. The average Bonchev–Trinajstić information content (AvgIpc) is 3.03. The third kappa shape index (κ3) is 5.94. The highest BCUT2D eigenvalue weighted by Gasteiger charge is 2.76. The van der Waals surface area contributed by atoms with Gasteiger partial charge in [0.1, 0.15) is 23.2 Å². The zero-order valence-electron chi connectivity index (χ0n) is 30.5. The lowest BCUT2D eigenvalue weighted by atomic mass is 9.40. The molecule has 2 aromatic carbocycles. The third-order valence-corrected chi connectivity index (χ3v) is 11.7. The maximum Gasteiger partial charge on any atom is 0.190 e. The summed E-state index contributed by atoms with van der Waals surface area (Å²) in [5, 5.41) is 23.4. The molecule has 2 saturated carbocycles. The van der Waals surface area contributed by atoms with Crippen LogP contribution in [0.25, 0.3) is 11.1 Å². The van der Waals surface area contributed by atoms with Crippen molar-refractivity contribution >= 4 is 28.9 Å². The van der Waals surface area contributed by atoms with Gasteiger partial charge in [0.05, 0.1) is 18.6 Å². The predicted molar refractivity (Wildman–Crippen MR) is 188 cm³/mol. The Kier molecular flexibility index (Phi) is 10.6. The van der Waals surface area contributed by atoms with Crippen LogP contribution in [0.1, 0.15) is 102 Å². The normalized spacial score (nSPS) is 29.1. The Balaban J connectivity index is 1.55. The summed E-state index contributed by atoms with van der Waals surface area (Å²) in [5.74, 6) is -8.52. The molecule has 0 aliphatic heterocycles. The fraction of sp³-hybridized carbons (Fsp3) is 0.585. The van der Waals surface area contributed by atoms with Crippen molar-refractivity contribution in [3.8, 4) is 22.6 Å². The summed E-state index contributed by atoms with van der Waals surface area (Å²) in [6, 6.07) is 9.15. The zero-order valence-corrected chi connectivity index (χ0v) is 30.5. The zero-order chi connectivity index (χ0) is 36.8. The van der Waals surface area contributed by atoms with Gasteiger partial charge in [-0.2, -0.15) is 0 Å². The maximum absolute atomic E-state index is 14.6. The Labute approximate surface area is 295 Å². The lowest BCUT2D eigenvalue weighted by molar-refractivity contribution is -0.205. The molecule has 5 rings (SSSR count). The summed E-state index contributed by atoms with van der Waals surface area (Å²) >= 11 is 0. The first-order chi connectivity index (χ1) is 23.6. The highest BCUT2D eigenvalue weighted by Crippen LogP contribution is 2.64. The van der Waals surface area contributed by atoms with E-state index in [1.807, 2.05) is 18.2 Å². The van der Waals surface area contributed by atoms with E-state index in [1.165, 1.54) is 6.07 Å². The van der Waals surface area contributed by atoms with Gasteiger partial charge in [0, 0.05) is 30.1 Å². The van der Waals surface area contributed by atoms with Crippen molar-refractivity contribution in [2.24, 2.45) is 34.5 Å². The number of fused-ring (bicyclic) bond motifs is 3. The summed E-state index contributed by atoms with van der Waals surface area (Å²) in [5.41, 5.74) is -2.38. The maximum atomic E-state index is 14.6. The minimum absolute atomic E-state index is 0.00251. The van der Waals surface area contributed by atoms with Crippen molar-refractivity contribution in [3.63, 3.8) is 0 Å². The van der Waals surface area contributed by atoms with Gasteiger partial charge in [-0.25, -0.2) is 0 Å². The van der Waals surface area contributed by atoms with Gasteiger partial charge in [-0.15, -0.1) is 0 Å². The molecule has 0 spiro atoms. The molecule has 6 atom stereocenters. The van der Waals surface area contributed by atoms with E-state index < -0.39 is 69.0 Å². The van der Waals surface area contributed by atoms with Crippen LogP contribution in [0.2, 0.25) is 0 Å². The number of carbonyl (C=O) groups excluding carboxylic acids is 5. The second-order valence-electron chi connectivity index (χ2n) is 15.6. The van der Waals surface area contributed by atoms with Gasteiger partial charge in [0.15, 0.2) is 28.7 Å². The number of aryl methyl sites for hydroxylation is 1. The molecule has 50 heavy (non-hydrogen) atoms. The van der Waals surface area contributed by atoms with Gasteiger partial charge in [0.2, 0.25) is 0 Å². The van der Waals surface area contributed by atoms with E-state index in [0.29, 0.717) is 16.9 Å². The Bertz CT molecular complexity index is 1710. The molecule has 2 aromatic rings. The topological polar surface area (TPSA) is 144 Å². The molecule has 3 unspecified atom stereocenters. The molecule has 0 heterocycles. The average molecular weight is 689 g/mol. The molecule has 0 radical (unpaired) electrons. The molecule has 0 saturated heterocycles. The van der Waals surface area contributed by atoms with Crippen LogP contribution in [0.4, 0.5) is 0 Å². The van der Waals surface area contributed by atoms with E-state index in [0.717, 1.165) is 69.8 Å². The lowest BCUT2D eigenvalue weighted by Crippen LogP contribution is -2.76. The number of Topliss-reactive ketones (excluding diaryl/α,β-unsaturated/α-hetero) is 5. The predicted octanol–water partition coefficient (Wildman–Crippen LogP) is 6.30. The summed E-state index contributed by atoms with van der Waals surface area (Å²) in [6.45, 7) is 11.7. The van der Waals surface area contributed by atoms with Crippen molar-refractivity contribution in [2.75, 3.05) is 20.3 Å². The van der Waals surface area contributed by atoms with Crippen molar-refractivity contribution in [1.29, 1.82) is 0 Å². The summed E-state index contributed by atoms with van der Waals surface area (Å²) in [4.78, 5) is 69.5. The first kappa shape index (κ1) is 37.6. The van der Waals surface area contributed by atoms with E-state index >= 15 is 0 Å². The van der Waals surface area contributed by atoms with Crippen molar-refractivity contribution < 1.29 is 43.7 Å². The van der Waals surface area contributed by atoms with Crippen LogP contribution in [0.15, 0.2) is 30.3 Å². The molecule has 9 heteroatoms. The first-order valence-corrected chi connectivity index (χ1v) is 18.1. The second kappa shape index (κ2) is 14.1. The molecular formula is C41H52O9. The van der Waals surface area contributed by atoms with Crippen molar-refractivity contribution in [1.82, 2.24) is 0 Å². The van der Waals surface area contributed by atoms with Gasteiger partial charge in [-0.1, -0.05) is 59.6 Å². The number of phenolic OH excluding ortho intramolecular Hbond substituents is 1. The molecule has 0 bridgehead atoms. The largest absolute Gasteiger partial charge is 0.507 e. The molecular weight excluding hydrogens is 636 g/mol. The van der Waals surface area contributed by atoms with Crippen molar-refractivity contribution in [2.45, 2.75) is 98.5 Å². The van der Waals surface area contributed by atoms with E-state index in [-0.39, 0.29) is 24.2 Å². The van der Waals surface area contributed by atoms with E-state index in [2.05, 4.69) is 6.92 Å². The Morgan fingerprint density at radius 3 is 2.30 bits per heavy atom. The van der Waals surface area contributed by atoms with Crippen LogP contribution in [0.3, 0.4) is 0 Å². The SMILES string of the molecule is CCCCOCCCCCc1ccc(OC)c(-c2ccc(O)c3c2C[C@]2(C)C[C@]4(C)C(C(C)C)C(=O)C(C(C)=O)C(=O)[C@]4(O)C(=O)C2C3=O)c1. The number of benzene rings is 2. The number of rotatable bonds is 13. The summed E-state index contributed by atoms with van der Waals surface area (Å²) in [6.07, 6.45) is 6.14. The third-order valence-electron chi connectivity index (χ3n) is 11.7. The number of phenols is 1. The smallest absolute Gasteiger partial charge is 0.190 e. The Morgan fingerprint density at radius 2 is 1.66 bits per heavy atom. The highest BCUT2D eigenvalue weighted by molar-refractivity contribution is 6.32. The van der Waals surface area contributed by atoms with E-state index in [1.54, 1.807) is 40.9 Å². The Morgan fingerprint density at radius 1 is 0.960 bits per heavy atom. The molecule has 9 nitrogen and oxygen atoms in total. The minimum Gasteiger partial charge on any atom is -0.507 e. The van der Waals surface area contributed by atoms with E-state index in [9.17, 15) is 34.2 Å². The van der Waals surface area contributed by atoms with Crippen molar-refractivity contribution in [3.05, 3.63) is 47.0 Å². The molecule has 0 aromatic heterocycles. The summed E-state index contributed by atoms with van der Waals surface area (Å²) < 4.78 is 11.5. The van der Waals surface area contributed by atoms with Crippen LogP contribution in [0.5, 0.6) is 11.5 Å². The Hall–Kier alpha value is -3.69. The fourth-order valence-electron chi connectivity index (χ4n) is 9.57. The van der Waals surface area contributed by atoms with Crippen LogP contribution >= 0.6 is 0 Å². The van der Waals surface area contributed by atoms with Gasteiger partial charge in [-0.3, -0.25) is 24.0 Å². The molecule has 270 valence electrons. The highest BCUT2D eigenvalue weighted by atomic mass is 16.5. The number of hydrogen-bond acceptors (Lipinski definition) is 9. The number of carbonyl (C=O) groups is 5. The van der Waals surface area contributed by atoms with Crippen LogP contribution in [-0.4, -0.2) is 65.1 Å². The monoisotopic (exact) mass is 688 g/mol. The summed E-state index contributed by atoms with van der Waals surface area (Å²) in [7, 11) is 1.57. The number of aromatic hydroxyl groups is 1. The van der Waals surface area contributed by atoms with E-state index in [4.69, 9.17) is 9.47 Å². The number of ether oxygens (including phenoxy) is 2. The van der Waals surface area contributed by atoms with Gasteiger partial charge in [-0.05, 0) is 91.7 Å². The van der Waals surface area contributed by atoms with Gasteiger partial charge in [0.25, 0.3) is 0 Å². The molecule has 0 amide bonds. The fourth-order valence-corrected chi connectivity index (χ4v) is 9.57. The number of aliphatic hydroxyl groups is 1. The molecule has 3 aliphatic rings. The van der Waals surface area contributed by atoms with Crippen LogP contribution in [-0.2, 0) is 36.8 Å². The quantitative estimate of drug-likeness (QED) is 0.183. The number of hydrogen-bond donors (Lipinski definition) is 2. The molecule has 3 aliphatic carbocycles. The lowest BCUT2D eigenvalue weighted by Gasteiger charge is -2.61. The number of ketones is 5. The van der Waals surface area contributed by atoms with Crippen LogP contribution in [0, 0.1) is 34.5 Å². The second-order valence-corrected chi connectivity index (χ2v) is 15.6. The number of methoxy groups -OCH3 is 1. The van der Waals surface area contributed by atoms with Crippen LogP contribution < -0.4 is 4.74 Å². The van der Waals surface area contributed by atoms with Gasteiger partial charge >= 0.3 is 0 Å². The standard InChI is InChI=1S/C41H52O9/c1-8-9-18-50-19-12-10-11-13-25-14-17-30(49-7)27(20-25)26-15-16-29(43)32-28(26)21-39(5)22-40(6)33(23(2)3)35(44)31(24(4)42)37(46)41(40,48)38(47)34(39)36(32)45/h14-17,20,23,31,33-34,43,48H,8-13,18-19,21-22H2,1-7H3/t31?,33?,34?,39-,40-,41+/m1/s1. The van der Waals surface area contributed by atoms with Gasteiger partial charge < -0.3 is 19.7 Å². The molecule has 2 fully saturated rings. The minimum atomic E-state index is -2.73. The number of unbranched alkanes of at least 4 members (excludes halogenated alkanes) is 3.